The normalized spacial score (nSPS) is 10.2. The van der Waals surface area contributed by atoms with Crippen LogP contribution in [0.15, 0.2) is 28.1 Å². The monoisotopic (exact) mass is 211 g/mol. The summed E-state index contributed by atoms with van der Waals surface area (Å²) in [4.78, 5) is 12.0. The lowest BCUT2D eigenvalue weighted by Crippen LogP contribution is -1.93. The van der Waals surface area contributed by atoms with Gasteiger partial charge in [-0.25, -0.2) is 15.0 Å². The van der Waals surface area contributed by atoms with Crippen molar-refractivity contribution in [2.75, 3.05) is 5.73 Å². The Balaban J connectivity index is 2.24. The number of aromatic nitrogens is 4. The van der Waals surface area contributed by atoms with E-state index in [2.05, 4.69) is 19.3 Å². The molecule has 0 atom stereocenters. The minimum atomic E-state index is 0.419. The molecule has 0 aliphatic heterocycles. The third kappa shape index (κ3) is 1.93. The highest BCUT2D eigenvalue weighted by Gasteiger charge is 2.05. The van der Waals surface area contributed by atoms with E-state index in [0.29, 0.717) is 10.8 Å². The molecule has 0 aliphatic carbocycles. The standard InChI is InChI=1S/C6H5N5S2/c7-4-5(9-2-1-8-4)12-6-10-3-11-13-6/h1-3H,(H2,7,8). The zero-order chi connectivity index (χ0) is 9.10. The fourth-order valence-corrected chi connectivity index (χ4v) is 2.04. The van der Waals surface area contributed by atoms with Crippen LogP contribution in [0.4, 0.5) is 5.82 Å². The van der Waals surface area contributed by atoms with E-state index >= 15 is 0 Å². The number of rotatable bonds is 2. The van der Waals surface area contributed by atoms with E-state index in [-0.39, 0.29) is 0 Å². The highest BCUT2D eigenvalue weighted by atomic mass is 32.2. The summed E-state index contributed by atoms with van der Waals surface area (Å²) in [5, 5.41) is 0.666. The fourth-order valence-electron chi connectivity index (χ4n) is 0.705. The van der Waals surface area contributed by atoms with E-state index in [1.54, 1.807) is 12.4 Å². The van der Waals surface area contributed by atoms with E-state index in [4.69, 9.17) is 5.73 Å². The van der Waals surface area contributed by atoms with Gasteiger partial charge >= 0.3 is 0 Å². The first-order valence-corrected chi connectivity index (χ1v) is 4.96. The molecule has 2 aromatic rings. The Morgan fingerprint density at radius 1 is 1.23 bits per heavy atom. The smallest absolute Gasteiger partial charge is 0.176 e. The van der Waals surface area contributed by atoms with Crippen molar-refractivity contribution in [3.8, 4) is 0 Å². The van der Waals surface area contributed by atoms with Crippen molar-refractivity contribution in [1.82, 2.24) is 19.3 Å². The molecule has 0 saturated carbocycles. The van der Waals surface area contributed by atoms with Crippen molar-refractivity contribution >= 4 is 29.1 Å². The molecule has 0 radical (unpaired) electrons. The van der Waals surface area contributed by atoms with Crippen LogP contribution in [0.3, 0.4) is 0 Å². The molecule has 5 nitrogen and oxygen atoms in total. The fraction of sp³-hybridized carbons (Fsp3) is 0. The average molecular weight is 211 g/mol. The van der Waals surface area contributed by atoms with Gasteiger partial charge < -0.3 is 5.73 Å². The van der Waals surface area contributed by atoms with Crippen LogP contribution in [-0.4, -0.2) is 19.3 Å². The van der Waals surface area contributed by atoms with Crippen molar-refractivity contribution in [2.45, 2.75) is 9.37 Å². The summed E-state index contributed by atoms with van der Waals surface area (Å²) >= 11 is 2.67. The van der Waals surface area contributed by atoms with Gasteiger partial charge in [0.25, 0.3) is 0 Å². The zero-order valence-electron chi connectivity index (χ0n) is 6.41. The number of hydrogen-bond donors (Lipinski definition) is 1. The summed E-state index contributed by atoms with van der Waals surface area (Å²) in [6.45, 7) is 0. The molecule has 0 aliphatic rings. The molecule has 0 spiro atoms. The Morgan fingerprint density at radius 2 is 2.08 bits per heavy atom. The first-order chi connectivity index (χ1) is 6.36. The highest BCUT2D eigenvalue weighted by Crippen LogP contribution is 2.28. The van der Waals surface area contributed by atoms with E-state index in [0.717, 1.165) is 4.34 Å². The van der Waals surface area contributed by atoms with Crippen molar-refractivity contribution in [2.24, 2.45) is 0 Å². The molecule has 66 valence electrons. The maximum absolute atomic E-state index is 5.60. The molecule has 2 aromatic heterocycles. The molecule has 0 aromatic carbocycles. The van der Waals surface area contributed by atoms with E-state index in [9.17, 15) is 0 Å². The lowest BCUT2D eigenvalue weighted by Gasteiger charge is -1.97. The molecule has 0 saturated heterocycles. The molecule has 0 bridgehead atoms. The Hall–Kier alpha value is -1.21. The first kappa shape index (κ1) is 8.39. The summed E-state index contributed by atoms with van der Waals surface area (Å²) in [6, 6.07) is 0. The summed E-state index contributed by atoms with van der Waals surface area (Å²) in [5.74, 6) is 0.419. The number of nitrogens with zero attached hydrogens (tertiary/aromatic N) is 4. The van der Waals surface area contributed by atoms with Gasteiger partial charge in [0.2, 0.25) is 0 Å². The molecule has 0 unspecified atom stereocenters. The van der Waals surface area contributed by atoms with Crippen LogP contribution in [0.2, 0.25) is 0 Å². The summed E-state index contributed by atoms with van der Waals surface area (Å²) in [5.41, 5.74) is 5.60. The second-order valence-electron chi connectivity index (χ2n) is 2.06. The number of anilines is 1. The predicted molar refractivity (Wildman–Crippen MR) is 50.5 cm³/mol. The molecule has 7 heteroatoms. The first-order valence-electron chi connectivity index (χ1n) is 3.37. The van der Waals surface area contributed by atoms with Crippen LogP contribution in [0.25, 0.3) is 0 Å². The lowest BCUT2D eigenvalue weighted by molar-refractivity contribution is 1.07. The molecule has 2 N–H and O–H groups in total. The number of nitrogen functional groups attached to an aromatic ring is 1. The minimum absolute atomic E-state index is 0.419. The van der Waals surface area contributed by atoms with Crippen LogP contribution in [0.1, 0.15) is 0 Å². The zero-order valence-corrected chi connectivity index (χ0v) is 8.05. The quantitative estimate of drug-likeness (QED) is 0.800. The number of nitrogens with two attached hydrogens (primary N) is 1. The van der Waals surface area contributed by atoms with Crippen LogP contribution < -0.4 is 5.73 Å². The Kier molecular flexibility index (Phi) is 2.37. The molecule has 0 amide bonds. The van der Waals surface area contributed by atoms with Gasteiger partial charge in [-0.15, -0.1) is 0 Å². The summed E-state index contributed by atoms with van der Waals surface area (Å²) in [7, 11) is 0. The van der Waals surface area contributed by atoms with Gasteiger partial charge in [0.05, 0.1) is 0 Å². The highest BCUT2D eigenvalue weighted by molar-refractivity contribution is 8.01. The van der Waals surface area contributed by atoms with Crippen molar-refractivity contribution in [3.05, 3.63) is 18.7 Å². The molecular formula is C6H5N5S2. The Labute approximate surface area is 82.6 Å². The predicted octanol–water partition coefficient (Wildman–Crippen LogP) is 1.06. The van der Waals surface area contributed by atoms with Gasteiger partial charge in [0.1, 0.15) is 11.4 Å². The van der Waals surface area contributed by atoms with E-state index < -0.39 is 0 Å². The van der Waals surface area contributed by atoms with E-state index in [1.807, 2.05) is 0 Å². The third-order valence-electron chi connectivity index (χ3n) is 1.22. The molecule has 2 rings (SSSR count). The van der Waals surface area contributed by atoms with E-state index in [1.165, 1.54) is 29.6 Å². The van der Waals surface area contributed by atoms with Crippen LogP contribution >= 0.6 is 23.3 Å². The Morgan fingerprint density at radius 3 is 2.77 bits per heavy atom. The van der Waals surface area contributed by atoms with Crippen LogP contribution in [-0.2, 0) is 0 Å². The molecule has 0 fully saturated rings. The maximum atomic E-state index is 5.60. The minimum Gasteiger partial charge on any atom is -0.381 e. The second kappa shape index (κ2) is 3.67. The largest absolute Gasteiger partial charge is 0.381 e. The average Bonchev–Trinajstić information content (AvgIpc) is 2.61. The third-order valence-corrected chi connectivity index (χ3v) is 2.94. The van der Waals surface area contributed by atoms with Crippen molar-refractivity contribution in [1.29, 1.82) is 0 Å². The van der Waals surface area contributed by atoms with Gasteiger partial charge in [-0.1, -0.05) is 0 Å². The number of hydrogen-bond acceptors (Lipinski definition) is 7. The van der Waals surface area contributed by atoms with Gasteiger partial charge in [0.15, 0.2) is 10.2 Å². The van der Waals surface area contributed by atoms with Crippen LogP contribution in [0.5, 0.6) is 0 Å². The van der Waals surface area contributed by atoms with Gasteiger partial charge in [-0.05, 0) is 23.3 Å². The van der Waals surface area contributed by atoms with Gasteiger partial charge in [-0.3, -0.25) is 0 Å². The lowest BCUT2D eigenvalue weighted by atomic mass is 10.7. The molecular weight excluding hydrogens is 206 g/mol. The second-order valence-corrected chi connectivity index (χ2v) is 4.07. The van der Waals surface area contributed by atoms with Crippen LogP contribution in [0, 0.1) is 0 Å². The Bertz CT molecular complexity index is 388. The van der Waals surface area contributed by atoms with Gasteiger partial charge in [-0.2, -0.15) is 4.37 Å². The molecule has 13 heavy (non-hydrogen) atoms. The van der Waals surface area contributed by atoms with Crippen molar-refractivity contribution < 1.29 is 0 Å². The summed E-state index contributed by atoms with van der Waals surface area (Å²) in [6.07, 6.45) is 4.65. The van der Waals surface area contributed by atoms with Gasteiger partial charge in [0, 0.05) is 12.4 Å². The SMILES string of the molecule is Nc1nccnc1Sc1ncns1. The topological polar surface area (TPSA) is 77.6 Å². The summed E-state index contributed by atoms with van der Waals surface area (Å²) < 4.78 is 4.68. The van der Waals surface area contributed by atoms with Crippen molar-refractivity contribution in [3.63, 3.8) is 0 Å². The maximum Gasteiger partial charge on any atom is 0.176 e. The molecule has 2 heterocycles.